The van der Waals surface area contributed by atoms with Crippen LogP contribution >= 0.6 is 0 Å². The lowest BCUT2D eigenvalue weighted by molar-refractivity contribution is -0.137. The van der Waals surface area contributed by atoms with Gasteiger partial charge in [-0.15, -0.1) is 0 Å². The lowest BCUT2D eigenvalue weighted by atomic mass is 10.0. The summed E-state index contributed by atoms with van der Waals surface area (Å²) in [4.78, 5) is 40.5. The minimum atomic E-state index is -0.376. The van der Waals surface area contributed by atoms with Crippen molar-refractivity contribution < 1.29 is 14.0 Å². The maximum atomic E-state index is 13.5. The van der Waals surface area contributed by atoms with Gasteiger partial charge in [0.05, 0.1) is 5.57 Å². The number of carbonyl (C=O) groups is 2. The number of nitrogens with zero attached hydrogens (tertiary/aromatic N) is 5. The van der Waals surface area contributed by atoms with Crippen LogP contribution in [-0.4, -0.2) is 64.3 Å². The molecule has 1 fully saturated rings. The van der Waals surface area contributed by atoms with Gasteiger partial charge in [0.1, 0.15) is 11.5 Å². The topological polar surface area (TPSA) is 69.6 Å². The predicted molar refractivity (Wildman–Crippen MR) is 115 cm³/mol. The zero-order valence-electron chi connectivity index (χ0n) is 17.6. The van der Waals surface area contributed by atoms with Gasteiger partial charge in [-0.05, 0) is 30.2 Å². The highest BCUT2D eigenvalue weighted by Gasteiger charge is 2.41. The van der Waals surface area contributed by atoms with Crippen molar-refractivity contribution in [3.63, 3.8) is 0 Å². The molecule has 7 nitrogen and oxygen atoms in total. The Morgan fingerprint density at radius 1 is 0.903 bits per heavy atom. The molecule has 2 aliphatic rings. The molecule has 0 saturated carbocycles. The smallest absolute Gasteiger partial charge is 0.277 e. The number of piperazine rings is 1. The molecule has 0 radical (unpaired) electrons. The quantitative estimate of drug-likeness (QED) is 0.504. The molecule has 0 atom stereocenters. The molecule has 8 heteroatoms. The molecule has 0 spiro atoms. The molecule has 162 valence electrons. The van der Waals surface area contributed by atoms with Crippen molar-refractivity contribution in [2.24, 2.45) is 0 Å². The number of hydrogen-bond donors (Lipinski definition) is 0. The lowest BCUT2D eigenvalue weighted by Crippen LogP contribution is -2.48. The third kappa shape index (κ3) is 4.28. The van der Waals surface area contributed by atoms with Gasteiger partial charge in [-0.2, -0.15) is 0 Å². The lowest BCUT2D eigenvalue weighted by Gasteiger charge is -2.36. The zero-order valence-corrected chi connectivity index (χ0v) is 17.6. The average molecular weight is 423 g/mol. The number of hydrogen-bond acceptors (Lipinski definition) is 6. The van der Waals surface area contributed by atoms with Crippen molar-refractivity contribution in [2.75, 3.05) is 37.6 Å². The fourth-order valence-electron chi connectivity index (χ4n) is 4.04. The van der Waals surface area contributed by atoms with Crippen molar-refractivity contribution in [1.29, 1.82) is 0 Å². The van der Waals surface area contributed by atoms with Crippen LogP contribution < -0.4 is 4.90 Å². The molecule has 4 rings (SSSR count). The molecule has 3 heterocycles. The summed E-state index contributed by atoms with van der Waals surface area (Å²) in [7, 11) is 0. The van der Waals surface area contributed by atoms with Crippen LogP contribution in [0.1, 0.15) is 31.7 Å². The second kappa shape index (κ2) is 9.24. The standard InChI is InChI=1S/C23H26FN5O2/c1-2-3-4-12-29-21(30)19(17-6-8-18(24)9-7-17)20(22(29)31)27-13-15-28(16-14-27)23-25-10-5-11-26-23/h5-11H,2-4,12-16H2,1H3. The second-order valence-corrected chi connectivity index (χ2v) is 7.72. The second-order valence-electron chi connectivity index (χ2n) is 7.72. The first-order valence-corrected chi connectivity index (χ1v) is 10.7. The van der Waals surface area contributed by atoms with Gasteiger partial charge in [0.2, 0.25) is 5.95 Å². The van der Waals surface area contributed by atoms with E-state index in [0.717, 1.165) is 19.3 Å². The summed E-state index contributed by atoms with van der Waals surface area (Å²) in [6.07, 6.45) is 6.14. The van der Waals surface area contributed by atoms with Gasteiger partial charge in [-0.25, -0.2) is 14.4 Å². The van der Waals surface area contributed by atoms with E-state index in [0.29, 0.717) is 55.5 Å². The number of amides is 2. The van der Waals surface area contributed by atoms with E-state index in [4.69, 9.17) is 0 Å². The summed E-state index contributed by atoms with van der Waals surface area (Å²) in [5.41, 5.74) is 1.36. The molecule has 31 heavy (non-hydrogen) atoms. The van der Waals surface area contributed by atoms with Crippen LogP contribution in [0.2, 0.25) is 0 Å². The van der Waals surface area contributed by atoms with Gasteiger partial charge < -0.3 is 9.80 Å². The molecular weight excluding hydrogens is 397 g/mol. The van der Waals surface area contributed by atoms with Crippen LogP contribution in [0, 0.1) is 5.82 Å². The highest BCUT2D eigenvalue weighted by atomic mass is 19.1. The Bertz CT molecular complexity index is 969. The molecule has 2 aliphatic heterocycles. The van der Waals surface area contributed by atoms with Crippen molar-refractivity contribution in [3.8, 4) is 0 Å². The zero-order chi connectivity index (χ0) is 21.8. The molecule has 0 unspecified atom stereocenters. The summed E-state index contributed by atoms with van der Waals surface area (Å²) < 4.78 is 13.5. The first-order valence-electron chi connectivity index (χ1n) is 10.7. The molecule has 2 amide bonds. The highest BCUT2D eigenvalue weighted by molar-refractivity contribution is 6.35. The monoisotopic (exact) mass is 423 g/mol. The molecule has 0 aliphatic carbocycles. The van der Waals surface area contributed by atoms with Crippen molar-refractivity contribution >= 4 is 23.3 Å². The van der Waals surface area contributed by atoms with E-state index < -0.39 is 0 Å². The fraction of sp³-hybridized carbons (Fsp3) is 0.391. The molecule has 1 saturated heterocycles. The molecule has 0 bridgehead atoms. The summed E-state index contributed by atoms with van der Waals surface area (Å²) >= 11 is 0. The first kappa shape index (κ1) is 21.0. The number of rotatable bonds is 7. The van der Waals surface area contributed by atoms with Crippen LogP contribution in [0.3, 0.4) is 0 Å². The van der Waals surface area contributed by atoms with Crippen LogP contribution in [0.15, 0.2) is 48.4 Å². The predicted octanol–water partition coefficient (Wildman–Crippen LogP) is 2.71. The molecule has 1 aromatic heterocycles. The van der Waals surface area contributed by atoms with E-state index in [1.807, 2.05) is 4.90 Å². The Morgan fingerprint density at radius 3 is 2.19 bits per heavy atom. The molecular formula is C23H26FN5O2. The van der Waals surface area contributed by atoms with Gasteiger partial charge in [0.25, 0.3) is 11.8 Å². The third-order valence-corrected chi connectivity index (χ3v) is 5.69. The van der Waals surface area contributed by atoms with Gasteiger partial charge in [-0.3, -0.25) is 14.5 Å². The molecule has 1 aromatic carbocycles. The Balaban J connectivity index is 1.60. The van der Waals surface area contributed by atoms with Gasteiger partial charge >= 0.3 is 0 Å². The van der Waals surface area contributed by atoms with Gasteiger partial charge in [0, 0.05) is 45.1 Å². The number of imide groups is 1. The van der Waals surface area contributed by atoms with E-state index in [1.54, 1.807) is 30.6 Å². The maximum absolute atomic E-state index is 13.5. The summed E-state index contributed by atoms with van der Waals surface area (Å²) in [6.45, 7) is 4.90. The molecule has 0 N–H and O–H groups in total. The Hall–Kier alpha value is -3.29. The number of unbranched alkanes of at least 4 members (excludes halogenated alkanes) is 2. The van der Waals surface area contributed by atoms with Crippen molar-refractivity contribution in [1.82, 2.24) is 19.8 Å². The first-order chi connectivity index (χ1) is 15.1. The number of anilines is 1. The summed E-state index contributed by atoms with van der Waals surface area (Å²) in [6, 6.07) is 7.55. The van der Waals surface area contributed by atoms with Gasteiger partial charge in [0.15, 0.2) is 0 Å². The summed E-state index contributed by atoms with van der Waals surface area (Å²) in [5, 5.41) is 0. The maximum Gasteiger partial charge on any atom is 0.277 e. The highest BCUT2D eigenvalue weighted by Crippen LogP contribution is 2.32. The Kier molecular flexibility index (Phi) is 6.25. The minimum Gasteiger partial charge on any atom is -0.363 e. The Morgan fingerprint density at radius 2 is 1.55 bits per heavy atom. The largest absolute Gasteiger partial charge is 0.363 e. The van der Waals surface area contributed by atoms with Crippen molar-refractivity contribution in [3.05, 3.63) is 59.8 Å². The number of halogens is 1. The van der Waals surface area contributed by atoms with Crippen LogP contribution in [0.25, 0.3) is 5.57 Å². The summed E-state index contributed by atoms with van der Waals surface area (Å²) in [5.74, 6) is -0.273. The number of carbonyl (C=O) groups excluding carboxylic acids is 2. The van der Waals surface area contributed by atoms with E-state index in [9.17, 15) is 14.0 Å². The number of aromatic nitrogens is 2. The van der Waals surface area contributed by atoms with E-state index in [1.165, 1.54) is 17.0 Å². The number of benzene rings is 1. The van der Waals surface area contributed by atoms with Crippen LogP contribution in [0.5, 0.6) is 0 Å². The van der Waals surface area contributed by atoms with E-state index >= 15 is 0 Å². The SMILES string of the molecule is CCCCCN1C(=O)C(c2ccc(F)cc2)=C(N2CCN(c3ncccn3)CC2)C1=O. The third-order valence-electron chi connectivity index (χ3n) is 5.69. The normalized spacial score (nSPS) is 17.2. The van der Waals surface area contributed by atoms with Crippen molar-refractivity contribution in [2.45, 2.75) is 26.2 Å². The minimum absolute atomic E-state index is 0.259. The average Bonchev–Trinajstić information content (AvgIpc) is 3.05. The van der Waals surface area contributed by atoms with Crippen LogP contribution in [-0.2, 0) is 9.59 Å². The molecule has 2 aromatic rings. The van der Waals surface area contributed by atoms with Gasteiger partial charge in [-0.1, -0.05) is 31.9 Å². The fourth-order valence-corrected chi connectivity index (χ4v) is 4.04. The van der Waals surface area contributed by atoms with E-state index in [-0.39, 0.29) is 17.6 Å². The van der Waals surface area contributed by atoms with Crippen LogP contribution in [0.4, 0.5) is 10.3 Å². The van der Waals surface area contributed by atoms with E-state index in [2.05, 4.69) is 21.8 Å². The Labute approximate surface area is 181 Å².